The third-order valence-corrected chi connectivity index (χ3v) is 4.38. The molecule has 0 atom stereocenters. The van der Waals surface area contributed by atoms with E-state index in [0.29, 0.717) is 41.7 Å². The van der Waals surface area contributed by atoms with Crippen molar-refractivity contribution in [2.45, 2.75) is 0 Å². The van der Waals surface area contributed by atoms with Crippen molar-refractivity contribution < 1.29 is 14.3 Å². The standard InChI is InChI=1S/C21H18N4O3/c22-19(26)15-6-4-5-14(13-15)17-9-10-18-20(24-17)25(11-12-28-18)21(27)23-16-7-2-1-3-8-16/h1-10,13H,11-12H2,(H2,22,26)(H,23,27). The average Bonchev–Trinajstić information content (AvgIpc) is 2.73. The number of aromatic nitrogens is 1. The van der Waals surface area contributed by atoms with Gasteiger partial charge in [0.2, 0.25) is 5.91 Å². The zero-order chi connectivity index (χ0) is 19.5. The number of rotatable bonds is 3. The number of para-hydroxylation sites is 1. The van der Waals surface area contributed by atoms with Crippen molar-refractivity contribution in [3.8, 4) is 17.0 Å². The lowest BCUT2D eigenvalue weighted by atomic mass is 10.1. The van der Waals surface area contributed by atoms with Crippen LogP contribution in [-0.4, -0.2) is 30.1 Å². The Labute approximate surface area is 161 Å². The van der Waals surface area contributed by atoms with Crippen molar-refractivity contribution in [3.63, 3.8) is 0 Å². The predicted octanol–water partition coefficient (Wildman–Crippen LogP) is 3.28. The summed E-state index contributed by atoms with van der Waals surface area (Å²) in [6.07, 6.45) is 0. The molecule has 4 rings (SSSR count). The first-order chi connectivity index (χ1) is 13.6. The number of benzene rings is 2. The van der Waals surface area contributed by atoms with E-state index >= 15 is 0 Å². The first-order valence-electron chi connectivity index (χ1n) is 8.79. The molecular formula is C21H18N4O3. The van der Waals surface area contributed by atoms with Crippen molar-refractivity contribution in [2.75, 3.05) is 23.4 Å². The van der Waals surface area contributed by atoms with E-state index < -0.39 is 5.91 Å². The highest BCUT2D eigenvalue weighted by Crippen LogP contribution is 2.33. The number of primary amides is 1. The van der Waals surface area contributed by atoms with E-state index in [2.05, 4.69) is 10.3 Å². The molecule has 28 heavy (non-hydrogen) atoms. The quantitative estimate of drug-likeness (QED) is 0.735. The molecule has 0 aliphatic carbocycles. The lowest BCUT2D eigenvalue weighted by molar-refractivity contribution is 0.100. The molecule has 1 aliphatic heterocycles. The minimum atomic E-state index is -0.507. The van der Waals surface area contributed by atoms with E-state index in [1.807, 2.05) is 36.4 Å². The van der Waals surface area contributed by atoms with Crippen molar-refractivity contribution in [2.24, 2.45) is 5.73 Å². The maximum Gasteiger partial charge on any atom is 0.327 e. The van der Waals surface area contributed by atoms with Crippen LogP contribution < -0.4 is 20.7 Å². The summed E-state index contributed by atoms with van der Waals surface area (Å²) < 4.78 is 5.65. The fraction of sp³-hybridized carbons (Fsp3) is 0.0952. The van der Waals surface area contributed by atoms with Gasteiger partial charge in [-0.2, -0.15) is 0 Å². The molecule has 2 aromatic carbocycles. The number of carbonyl (C=O) groups is 2. The number of hydrogen-bond donors (Lipinski definition) is 2. The van der Waals surface area contributed by atoms with E-state index in [9.17, 15) is 9.59 Å². The van der Waals surface area contributed by atoms with Crippen LogP contribution in [0.25, 0.3) is 11.3 Å². The SMILES string of the molecule is NC(=O)c1cccc(-c2ccc3c(n2)N(C(=O)Nc2ccccc2)CCO3)c1. The fourth-order valence-electron chi connectivity index (χ4n) is 3.00. The number of ether oxygens (including phenoxy) is 1. The Morgan fingerprint density at radius 3 is 2.64 bits per heavy atom. The second-order valence-corrected chi connectivity index (χ2v) is 6.26. The third kappa shape index (κ3) is 3.50. The average molecular weight is 374 g/mol. The molecule has 2 heterocycles. The number of hydrogen-bond acceptors (Lipinski definition) is 4. The summed E-state index contributed by atoms with van der Waals surface area (Å²) in [7, 11) is 0. The van der Waals surface area contributed by atoms with Gasteiger partial charge in [-0.1, -0.05) is 30.3 Å². The van der Waals surface area contributed by atoms with Gasteiger partial charge in [-0.25, -0.2) is 9.78 Å². The van der Waals surface area contributed by atoms with Gasteiger partial charge in [0.15, 0.2) is 11.6 Å². The second kappa shape index (κ2) is 7.40. The van der Waals surface area contributed by atoms with Crippen LogP contribution >= 0.6 is 0 Å². The predicted molar refractivity (Wildman–Crippen MR) is 106 cm³/mol. The number of pyridine rings is 1. The molecule has 0 spiro atoms. The van der Waals surface area contributed by atoms with Gasteiger partial charge < -0.3 is 15.8 Å². The number of anilines is 2. The van der Waals surface area contributed by atoms with Gasteiger partial charge in [0.1, 0.15) is 6.61 Å². The monoisotopic (exact) mass is 374 g/mol. The van der Waals surface area contributed by atoms with Crippen molar-refractivity contribution in [1.82, 2.24) is 4.98 Å². The normalized spacial score (nSPS) is 12.6. The third-order valence-electron chi connectivity index (χ3n) is 4.38. The molecule has 1 aliphatic rings. The summed E-state index contributed by atoms with van der Waals surface area (Å²) in [6.45, 7) is 0.761. The number of urea groups is 1. The molecule has 7 heteroatoms. The van der Waals surface area contributed by atoms with Crippen LogP contribution in [-0.2, 0) is 0 Å². The first kappa shape index (κ1) is 17.5. The van der Waals surface area contributed by atoms with Gasteiger partial charge >= 0.3 is 6.03 Å². The number of carbonyl (C=O) groups excluding carboxylic acids is 2. The molecule has 0 saturated carbocycles. The van der Waals surface area contributed by atoms with Gasteiger partial charge in [-0.15, -0.1) is 0 Å². The number of amides is 3. The number of nitrogens with zero attached hydrogens (tertiary/aromatic N) is 2. The Balaban J connectivity index is 1.66. The molecular weight excluding hydrogens is 356 g/mol. The highest BCUT2D eigenvalue weighted by molar-refractivity contribution is 6.02. The van der Waals surface area contributed by atoms with Crippen molar-refractivity contribution in [1.29, 1.82) is 0 Å². The maximum atomic E-state index is 12.8. The topological polar surface area (TPSA) is 97.6 Å². The molecule has 3 N–H and O–H groups in total. The Hall–Kier alpha value is -3.87. The van der Waals surface area contributed by atoms with Crippen LogP contribution in [0.5, 0.6) is 5.75 Å². The van der Waals surface area contributed by atoms with Crippen LogP contribution in [0.3, 0.4) is 0 Å². The van der Waals surface area contributed by atoms with E-state index in [0.717, 1.165) is 5.56 Å². The molecule has 0 radical (unpaired) electrons. The lowest BCUT2D eigenvalue weighted by Crippen LogP contribution is -2.41. The van der Waals surface area contributed by atoms with Crippen molar-refractivity contribution in [3.05, 3.63) is 72.3 Å². The van der Waals surface area contributed by atoms with Crippen molar-refractivity contribution >= 4 is 23.4 Å². The van der Waals surface area contributed by atoms with Crippen LogP contribution in [0.4, 0.5) is 16.3 Å². The van der Waals surface area contributed by atoms with Crippen LogP contribution in [0.2, 0.25) is 0 Å². The van der Waals surface area contributed by atoms with Gasteiger partial charge in [-0.05, 0) is 36.4 Å². The molecule has 0 saturated heterocycles. The minimum absolute atomic E-state index is 0.286. The summed E-state index contributed by atoms with van der Waals surface area (Å²) in [5.41, 5.74) is 7.81. The zero-order valence-corrected chi connectivity index (χ0v) is 15.0. The molecule has 3 amide bonds. The molecule has 7 nitrogen and oxygen atoms in total. The lowest BCUT2D eigenvalue weighted by Gasteiger charge is -2.28. The largest absolute Gasteiger partial charge is 0.488 e. The second-order valence-electron chi connectivity index (χ2n) is 6.26. The highest BCUT2D eigenvalue weighted by Gasteiger charge is 2.26. The summed E-state index contributed by atoms with van der Waals surface area (Å²) in [4.78, 5) is 30.4. The number of nitrogens with two attached hydrogens (primary N) is 1. The fourth-order valence-corrected chi connectivity index (χ4v) is 3.00. The van der Waals surface area contributed by atoms with Gasteiger partial charge in [-0.3, -0.25) is 9.69 Å². The molecule has 1 aromatic heterocycles. The number of fused-ring (bicyclic) bond motifs is 1. The molecule has 3 aromatic rings. The summed E-state index contributed by atoms with van der Waals surface area (Å²) in [6, 6.07) is 19.4. The van der Waals surface area contributed by atoms with E-state index in [1.165, 1.54) is 0 Å². The van der Waals surface area contributed by atoms with E-state index in [-0.39, 0.29) is 6.03 Å². The first-order valence-corrected chi connectivity index (χ1v) is 8.79. The Morgan fingerprint density at radius 2 is 1.86 bits per heavy atom. The van der Waals surface area contributed by atoms with Gasteiger partial charge in [0.05, 0.1) is 12.2 Å². The summed E-state index contributed by atoms with van der Waals surface area (Å²) in [5.74, 6) is 0.456. The van der Waals surface area contributed by atoms with Gasteiger partial charge in [0, 0.05) is 16.8 Å². The Bertz CT molecular complexity index is 1040. The molecule has 0 fully saturated rings. The summed E-state index contributed by atoms with van der Waals surface area (Å²) >= 11 is 0. The van der Waals surface area contributed by atoms with Crippen LogP contribution in [0.15, 0.2) is 66.7 Å². The van der Waals surface area contributed by atoms with Crippen LogP contribution in [0.1, 0.15) is 10.4 Å². The maximum absolute atomic E-state index is 12.8. The molecule has 140 valence electrons. The Morgan fingerprint density at radius 1 is 1.04 bits per heavy atom. The van der Waals surface area contributed by atoms with E-state index in [1.54, 1.807) is 35.2 Å². The van der Waals surface area contributed by atoms with E-state index in [4.69, 9.17) is 10.5 Å². The molecule has 0 unspecified atom stereocenters. The summed E-state index contributed by atoms with van der Waals surface area (Å²) in [5, 5.41) is 2.87. The Kier molecular flexibility index (Phi) is 4.63. The highest BCUT2D eigenvalue weighted by atomic mass is 16.5. The molecule has 0 bridgehead atoms. The number of nitrogens with one attached hydrogen (secondary N) is 1. The van der Waals surface area contributed by atoms with Gasteiger partial charge in [0.25, 0.3) is 0 Å². The van der Waals surface area contributed by atoms with Crippen LogP contribution in [0, 0.1) is 0 Å². The smallest absolute Gasteiger partial charge is 0.327 e. The zero-order valence-electron chi connectivity index (χ0n) is 15.0. The minimum Gasteiger partial charge on any atom is -0.488 e.